The van der Waals surface area contributed by atoms with Crippen LogP contribution in [0, 0.1) is 21.7 Å². The summed E-state index contributed by atoms with van der Waals surface area (Å²) in [4.78, 5) is 57.0. The summed E-state index contributed by atoms with van der Waals surface area (Å²) in [6, 6.07) is 4.15. The highest BCUT2D eigenvalue weighted by molar-refractivity contribution is 5.80. The summed E-state index contributed by atoms with van der Waals surface area (Å²) in [5, 5.41) is 0. The minimum atomic E-state index is -4.55. The molecule has 0 bridgehead atoms. The van der Waals surface area contributed by atoms with Crippen LogP contribution in [0.4, 0.5) is 13.2 Å². The molecule has 0 aromatic heterocycles. The summed E-state index contributed by atoms with van der Waals surface area (Å²) in [5.74, 6) is -2.76. The van der Waals surface area contributed by atoms with Gasteiger partial charge in [-0.15, -0.1) is 0 Å². The van der Waals surface area contributed by atoms with Crippen LogP contribution in [0.3, 0.4) is 0 Å². The Bertz CT molecular complexity index is 1310. The molecule has 0 spiro atoms. The van der Waals surface area contributed by atoms with E-state index in [-0.39, 0.29) is 5.56 Å². The second-order valence-corrected chi connectivity index (χ2v) is 15.7. The number of hydrogen-bond acceptors (Lipinski definition) is 10. The fraction of sp³-hybridized carbons (Fsp3) is 0.676. The van der Waals surface area contributed by atoms with Crippen molar-refractivity contribution in [3.8, 4) is 0 Å². The van der Waals surface area contributed by atoms with Crippen LogP contribution in [0.5, 0.6) is 0 Å². The smallest absolute Gasteiger partial charge is 0.416 e. The van der Waals surface area contributed by atoms with Crippen molar-refractivity contribution in [2.75, 3.05) is 6.61 Å². The van der Waals surface area contributed by atoms with Gasteiger partial charge < -0.3 is 23.7 Å². The second kappa shape index (κ2) is 14.3. The van der Waals surface area contributed by atoms with Crippen molar-refractivity contribution in [3.63, 3.8) is 0 Å². The topological polar surface area (TPSA) is 127 Å². The standard InChI is InChI=1S/C34H48F3NO9/c1-30(2,3)26(39)43-18-21-22(45-27(40)31(4,5)6)23(46-28(41)32(7,8)9)24(47-29(42)33(10,11)12)25(44-21)38-17-19-13-15-20(16-14-19)34(35,36)37/h13-17,21-25H,18H2,1-12H3/b38-17+/t21-,22+,23+,24-,25-/m1/s1. The van der Waals surface area contributed by atoms with Crippen LogP contribution in [0.1, 0.15) is 94.2 Å². The van der Waals surface area contributed by atoms with Gasteiger partial charge in [0, 0.05) is 6.21 Å². The first-order chi connectivity index (χ1) is 21.1. The fourth-order valence-electron chi connectivity index (χ4n) is 3.74. The van der Waals surface area contributed by atoms with Crippen molar-refractivity contribution in [2.45, 2.75) is 120 Å². The molecule has 1 fully saturated rings. The predicted octanol–water partition coefficient (Wildman–Crippen LogP) is 6.31. The van der Waals surface area contributed by atoms with Gasteiger partial charge in [0.15, 0.2) is 24.5 Å². The number of halogens is 3. The van der Waals surface area contributed by atoms with Gasteiger partial charge in [0.2, 0.25) is 0 Å². The molecular weight excluding hydrogens is 623 g/mol. The van der Waals surface area contributed by atoms with Crippen LogP contribution in [0.25, 0.3) is 0 Å². The van der Waals surface area contributed by atoms with Gasteiger partial charge in [-0.1, -0.05) is 12.1 Å². The third-order valence-electron chi connectivity index (χ3n) is 6.78. The van der Waals surface area contributed by atoms with Crippen LogP contribution in [-0.4, -0.2) is 67.3 Å². The van der Waals surface area contributed by atoms with E-state index in [9.17, 15) is 32.3 Å². The van der Waals surface area contributed by atoms with Crippen molar-refractivity contribution in [3.05, 3.63) is 35.4 Å². The van der Waals surface area contributed by atoms with Gasteiger partial charge in [0.05, 0.1) is 27.2 Å². The van der Waals surface area contributed by atoms with Crippen LogP contribution in [-0.2, 0) is 49.0 Å². The number of ether oxygens (including phenoxy) is 5. The summed E-state index contributed by atoms with van der Waals surface area (Å²) in [6.45, 7) is 18.9. The van der Waals surface area contributed by atoms with Gasteiger partial charge in [-0.25, -0.2) is 0 Å². The summed E-state index contributed by atoms with van der Waals surface area (Å²) in [6.07, 6.45) is -10.5. The number of aliphatic imine (C=N–C) groups is 1. The normalized spacial score (nSPS) is 22.8. The monoisotopic (exact) mass is 671 g/mol. The molecule has 1 aromatic carbocycles. The third-order valence-corrected chi connectivity index (χ3v) is 6.78. The number of benzene rings is 1. The number of hydrogen-bond donors (Lipinski definition) is 0. The molecule has 0 aliphatic carbocycles. The SMILES string of the molecule is CC(C)(C)C(=O)OC[C@H]1O[C@@H](/N=C/c2ccc(C(F)(F)F)cc2)[C@H](OC(=O)C(C)(C)C)[C@@H](OC(=O)C(C)(C)C)[C@H]1OC(=O)C(C)(C)C. The molecule has 0 N–H and O–H groups in total. The number of alkyl halides is 3. The maximum Gasteiger partial charge on any atom is 0.416 e. The number of rotatable bonds is 7. The van der Waals surface area contributed by atoms with E-state index in [2.05, 4.69) is 4.99 Å². The average Bonchev–Trinajstić information content (AvgIpc) is 2.90. The van der Waals surface area contributed by atoms with Crippen LogP contribution >= 0.6 is 0 Å². The molecule has 0 saturated carbocycles. The van der Waals surface area contributed by atoms with Crippen molar-refractivity contribution < 1.29 is 56.0 Å². The quantitative estimate of drug-likeness (QED) is 0.186. The third kappa shape index (κ3) is 11.3. The first-order valence-corrected chi connectivity index (χ1v) is 15.3. The van der Waals surface area contributed by atoms with E-state index in [1.807, 2.05) is 0 Å². The molecule has 1 heterocycles. The van der Waals surface area contributed by atoms with E-state index >= 15 is 0 Å². The molecule has 13 heteroatoms. The fourth-order valence-corrected chi connectivity index (χ4v) is 3.74. The van der Waals surface area contributed by atoms with Crippen molar-refractivity contribution in [1.82, 2.24) is 0 Å². The lowest BCUT2D eigenvalue weighted by Gasteiger charge is -2.45. The molecule has 5 atom stereocenters. The zero-order valence-corrected chi connectivity index (χ0v) is 29.2. The maximum absolute atomic E-state index is 13.3. The largest absolute Gasteiger partial charge is 0.462 e. The van der Waals surface area contributed by atoms with Crippen molar-refractivity contribution in [2.24, 2.45) is 26.7 Å². The molecule has 0 radical (unpaired) electrons. The lowest BCUT2D eigenvalue weighted by atomic mass is 9.92. The summed E-state index contributed by atoms with van der Waals surface area (Å²) < 4.78 is 68.8. The van der Waals surface area contributed by atoms with Gasteiger partial charge in [-0.2, -0.15) is 13.2 Å². The van der Waals surface area contributed by atoms with E-state index in [0.717, 1.165) is 12.1 Å². The number of carbonyl (C=O) groups is 4. The highest BCUT2D eigenvalue weighted by Crippen LogP contribution is 2.35. The minimum absolute atomic E-state index is 0.253. The van der Waals surface area contributed by atoms with Crippen LogP contribution < -0.4 is 0 Å². The Kier molecular flexibility index (Phi) is 12.1. The lowest BCUT2D eigenvalue weighted by molar-refractivity contribution is -0.258. The van der Waals surface area contributed by atoms with Gasteiger partial charge in [0.25, 0.3) is 0 Å². The molecule has 1 aromatic rings. The van der Waals surface area contributed by atoms with Gasteiger partial charge >= 0.3 is 30.1 Å². The number of nitrogens with zero attached hydrogens (tertiary/aromatic N) is 1. The van der Waals surface area contributed by atoms with Crippen molar-refractivity contribution in [1.29, 1.82) is 0 Å². The number of esters is 4. The molecule has 1 aliphatic rings. The van der Waals surface area contributed by atoms with Crippen LogP contribution in [0.2, 0.25) is 0 Å². The summed E-state index contributed by atoms with van der Waals surface area (Å²) in [7, 11) is 0. The summed E-state index contributed by atoms with van der Waals surface area (Å²) in [5.41, 5.74) is -4.64. The molecule has 47 heavy (non-hydrogen) atoms. The second-order valence-electron chi connectivity index (χ2n) is 15.7. The lowest BCUT2D eigenvalue weighted by Crippen LogP contribution is -2.63. The Morgan fingerprint density at radius 2 is 1.06 bits per heavy atom. The molecule has 0 amide bonds. The van der Waals surface area contributed by atoms with Gasteiger partial charge in [0.1, 0.15) is 12.7 Å². The molecular formula is C34H48F3NO9. The Balaban J connectivity index is 2.73. The average molecular weight is 672 g/mol. The molecule has 1 aliphatic heterocycles. The highest BCUT2D eigenvalue weighted by Gasteiger charge is 2.54. The van der Waals surface area contributed by atoms with Gasteiger partial charge in [-0.05, 0) is 101 Å². The Hall–Kier alpha value is -3.48. The van der Waals surface area contributed by atoms with Crippen LogP contribution in [0.15, 0.2) is 29.3 Å². The first-order valence-electron chi connectivity index (χ1n) is 15.3. The maximum atomic E-state index is 13.3. The predicted molar refractivity (Wildman–Crippen MR) is 166 cm³/mol. The van der Waals surface area contributed by atoms with E-state index < -0.39 is 94.5 Å². The number of carbonyl (C=O) groups excluding carboxylic acids is 4. The Morgan fingerprint density at radius 3 is 1.47 bits per heavy atom. The van der Waals surface area contributed by atoms with Crippen molar-refractivity contribution >= 4 is 30.1 Å². The summed E-state index contributed by atoms with van der Waals surface area (Å²) >= 11 is 0. The Morgan fingerprint density at radius 1 is 0.660 bits per heavy atom. The zero-order valence-electron chi connectivity index (χ0n) is 29.2. The molecule has 0 unspecified atom stereocenters. The molecule has 264 valence electrons. The van der Waals surface area contributed by atoms with E-state index in [4.69, 9.17) is 23.7 Å². The zero-order chi connectivity index (χ0) is 36.3. The molecule has 10 nitrogen and oxygen atoms in total. The minimum Gasteiger partial charge on any atom is -0.462 e. The molecule has 1 saturated heterocycles. The Labute approximate surface area is 274 Å². The first kappa shape index (κ1) is 39.7. The van der Waals surface area contributed by atoms with Gasteiger partial charge in [-0.3, -0.25) is 24.2 Å². The van der Waals surface area contributed by atoms with E-state index in [1.54, 1.807) is 83.1 Å². The van der Waals surface area contributed by atoms with E-state index in [0.29, 0.717) is 0 Å². The van der Waals surface area contributed by atoms with E-state index in [1.165, 1.54) is 18.3 Å². The molecule has 2 rings (SSSR count). The highest BCUT2D eigenvalue weighted by atomic mass is 19.4.